The van der Waals surface area contributed by atoms with Gasteiger partial charge in [-0.05, 0) is 66.8 Å². The summed E-state index contributed by atoms with van der Waals surface area (Å²) in [6.07, 6.45) is -0.178. The molecule has 0 N–H and O–H groups in total. The SMILES string of the molecule is CCCC1CCC(c2ccc(COC(F)(F)C(F)c3ccc(C#N)cc3)c(F)c2)CC1. The van der Waals surface area contributed by atoms with Crippen molar-refractivity contribution in [1.29, 1.82) is 5.26 Å². The van der Waals surface area contributed by atoms with Gasteiger partial charge in [-0.1, -0.05) is 44.0 Å². The molecule has 2 aromatic carbocycles. The lowest BCUT2D eigenvalue weighted by atomic mass is 9.77. The predicted octanol–water partition coefficient (Wildman–Crippen LogP) is 7.59. The molecule has 0 heterocycles. The second-order valence-electron chi connectivity index (χ2n) is 8.30. The van der Waals surface area contributed by atoms with Gasteiger partial charge in [0.2, 0.25) is 6.17 Å². The van der Waals surface area contributed by atoms with Gasteiger partial charge in [0, 0.05) is 5.56 Å². The topological polar surface area (TPSA) is 33.0 Å². The molecule has 0 saturated heterocycles. The van der Waals surface area contributed by atoms with Crippen LogP contribution in [0.5, 0.6) is 0 Å². The van der Waals surface area contributed by atoms with Crippen LogP contribution in [0.2, 0.25) is 0 Å². The first-order valence-electron chi connectivity index (χ1n) is 10.8. The van der Waals surface area contributed by atoms with Crippen molar-refractivity contribution in [3.05, 3.63) is 70.5 Å². The monoisotopic (exact) mass is 433 g/mol. The molecule has 166 valence electrons. The molecule has 0 bridgehead atoms. The van der Waals surface area contributed by atoms with Gasteiger partial charge >= 0.3 is 6.11 Å². The molecule has 1 unspecified atom stereocenters. The number of nitriles is 1. The number of nitrogens with zero attached hydrogens (tertiary/aromatic N) is 1. The lowest BCUT2D eigenvalue weighted by molar-refractivity contribution is -0.282. The number of halogens is 4. The highest BCUT2D eigenvalue weighted by Crippen LogP contribution is 2.39. The second-order valence-corrected chi connectivity index (χ2v) is 8.30. The molecule has 0 amide bonds. The minimum Gasteiger partial charge on any atom is -0.313 e. The zero-order chi connectivity index (χ0) is 22.4. The van der Waals surface area contributed by atoms with E-state index in [9.17, 15) is 17.6 Å². The van der Waals surface area contributed by atoms with Gasteiger partial charge in [-0.2, -0.15) is 14.0 Å². The quantitative estimate of drug-likeness (QED) is 0.402. The molecule has 3 rings (SSSR count). The summed E-state index contributed by atoms with van der Waals surface area (Å²) in [7, 11) is 0. The number of ether oxygens (including phenoxy) is 1. The molecule has 31 heavy (non-hydrogen) atoms. The van der Waals surface area contributed by atoms with E-state index in [1.54, 1.807) is 6.07 Å². The van der Waals surface area contributed by atoms with Crippen molar-refractivity contribution in [2.24, 2.45) is 5.92 Å². The zero-order valence-electron chi connectivity index (χ0n) is 17.6. The Kier molecular flexibility index (Phi) is 7.72. The average Bonchev–Trinajstić information content (AvgIpc) is 2.78. The maximum atomic E-state index is 14.5. The Morgan fingerprint density at radius 2 is 1.77 bits per heavy atom. The molecule has 1 aliphatic rings. The van der Waals surface area contributed by atoms with Crippen molar-refractivity contribution in [2.75, 3.05) is 0 Å². The smallest absolute Gasteiger partial charge is 0.313 e. The van der Waals surface area contributed by atoms with Gasteiger partial charge in [0.1, 0.15) is 5.82 Å². The van der Waals surface area contributed by atoms with Gasteiger partial charge in [-0.15, -0.1) is 0 Å². The molecule has 6 heteroatoms. The molecule has 2 aromatic rings. The highest BCUT2D eigenvalue weighted by Gasteiger charge is 2.43. The normalized spacial score (nSPS) is 20.3. The van der Waals surface area contributed by atoms with Crippen LogP contribution < -0.4 is 0 Å². The van der Waals surface area contributed by atoms with E-state index in [2.05, 4.69) is 11.7 Å². The van der Waals surface area contributed by atoms with Crippen LogP contribution in [-0.2, 0) is 11.3 Å². The van der Waals surface area contributed by atoms with Crippen LogP contribution in [0.25, 0.3) is 0 Å². The predicted molar refractivity (Wildman–Crippen MR) is 111 cm³/mol. The van der Waals surface area contributed by atoms with Crippen LogP contribution in [0, 0.1) is 23.1 Å². The van der Waals surface area contributed by atoms with Crippen molar-refractivity contribution >= 4 is 0 Å². The van der Waals surface area contributed by atoms with Gasteiger partial charge in [0.25, 0.3) is 0 Å². The van der Waals surface area contributed by atoms with Crippen LogP contribution in [0.1, 0.15) is 79.8 Å². The summed E-state index contributed by atoms with van der Waals surface area (Å²) in [5, 5.41) is 8.75. The van der Waals surface area contributed by atoms with Gasteiger partial charge < -0.3 is 4.74 Å². The van der Waals surface area contributed by atoms with E-state index in [-0.39, 0.29) is 22.6 Å². The van der Waals surface area contributed by atoms with E-state index >= 15 is 0 Å². The highest BCUT2D eigenvalue weighted by atomic mass is 19.3. The van der Waals surface area contributed by atoms with Crippen LogP contribution in [-0.4, -0.2) is 6.11 Å². The molecule has 0 aliphatic heterocycles. The van der Waals surface area contributed by atoms with Crippen LogP contribution in [0.15, 0.2) is 42.5 Å². The lowest BCUT2D eigenvalue weighted by Crippen LogP contribution is -2.27. The first-order chi connectivity index (χ1) is 14.8. The van der Waals surface area contributed by atoms with E-state index in [4.69, 9.17) is 5.26 Å². The Labute approximate surface area is 180 Å². The second kappa shape index (κ2) is 10.3. The van der Waals surface area contributed by atoms with Crippen molar-refractivity contribution < 1.29 is 22.3 Å². The molecular weight excluding hydrogens is 406 g/mol. The number of rotatable bonds is 8. The molecule has 0 radical (unpaired) electrons. The first kappa shape index (κ1) is 23.3. The summed E-state index contributed by atoms with van der Waals surface area (Å²) in [6, 6.07) is 11.2. The Morgan fingerprint density at radius 1 is 1.10 bits per heavy atom. The Bertz CT molecular complexity index is 899. The van der Waals surface area contributed by atoms with E-state index in [0.717, 1.165) is 49.3 Å². The van der Waals surface area contributed by atoms with E-state index in [1.165, 1.54) is 37.1 Å². The van der Waals surface area contributed by atoms with Crippen molar-refractivity contribution in [2.45, 2.75) is 70.3 Å². The van der Waals surface area contributed by atoms with Crippen LogP contribution in [0.3, 0.4) is 0 Å². The van der Waals surface area contributed by atoms with Crippen LogP contribution in [0.4, 0.5) is 17.6 Å². The lowest BCUT2D eigenvalue weighted by Gasteiger charge is -2.28. The number of hydrogen-bond donors (Lipinski definition) is 0. The third kappa shape index (κ3) is 5.86. The third-order valence-corrected chi connectivity index (χ3v) is 6.14. The molecule has 1 saturated carbocycles. The molecule has 1 aliphatic carbocycles. The van der Waals surface area contributed by atoms with Crippen LogP contribution >= 0.6 is 0 Å². The summed E-state index contributed by atoms with van der Waals surface area (Å²) in [4.78, 5) is 0. The zero-order valence-corrected chi connectivity index (χ0v) is 17.6. The maximum Gasteiger partial charge on any atom is 0.391 e. The first-order valence-corrected chi connectivity index (χ1v) is 10.8. The van der Waals surface area contributed by atoms with E-state index in [1.807, 2.05) is 6.07 Å². The van der Waals surface area contributed by atoms with Crippen molar-refractivity contribution in [1.82, 2.24) is 0 Å². The fraction of sp³-hybridized carbons (Fsp3) is 0.480. The molecule has 0 spiro atoms. The van der Waals surface area contributed by atoms with E-state index in [0.29, 0.717) is 0 Å². The Hall–Kier alpha value is -2.39. The summed E-state index contributed by atoms with van der Waals surface area (Å²) < 4.78 is 61.7. The minimum absolute atomic E-state index is 0.0323. The summed E-state index contributed by atoms with van der Waals surface area (Å²) in [6.45, 7) is 1.44. The van der Waals surface area contributed by atoms with Gasteiger partial charge in [0.05, 0.1) is 18.2 Å². The summed E-state index contributed by atoms with van der Waals surface area (Å²) in [5.41, 5.74) is 0.777. The molecule has 2 nitrogen and oxygen atoms in total. The average molecular weight is 433 g/mol. The van der Waals surface area contributed by atoms with Crippen molar-refractivity contribution in [3.8, 4) is 6.07 Å². The maximum absolute atomic E-state index is 14.5. The minimum atomic E-state index is -4.13. The fourth-order valence-corrected chi connectivity index (χ4v) is 4.30. The van der Waals surface area contributed by atoms with E-state index < -0.39 is 24.7 Å². The summed E-state index contributed by atoms with van der Waals surface area (Å²) in [5.74, 6) is 0.411. The summed E-state index contributed by atoms with van der Waals surface area (Å²) >= 11 is 0. The fourth-order valence-electron chi connectivity index (χ4n) is 4.30. The molecular formula is C25H27F4NO. The van der Waals surface area contributed by atoms with Gasteiger partial charge in [-0.3, -0.25) is 0 Å². The number of hydrogen-bond acceptors (Lipinski definition) is 2. The molecule has 1 fully saturated rings. The highest BCUT2D eigenvalue weighted by molar-refractivity contribution is 5.33. The molecule has 0 aromatic heterocycles. The molecule has 1 atom stereocenters. The van der Waals surface area contributed by atoms with Gasteiger partial charge in [0.15, 0.2) is 0 Å². The largest absolute Gasteiger partial charge is 0.391 e. The number of benzene rings is 2. The Balaban J connectivity index is 1.60. The standard InChI is InChI=1S/C25H27F4NO/c1-2-3-17-4-8-19(9-5-17)21-12-13-22(23(26)14-21)16-31-25(28,29)24(27)20-10-6-18(15-30)7-11-20/h6-7,10-14,17,19,24H,2-5,8-9,16H2,1H3. The van der Waals surface area contributed by atoms with Crippen molar-refractivity contribution in [3.63, 3.8) is 0 Å². The number of alkyl halides is 3. The Morgan fingerprint density at radius 3 is 2.35 bits per heavy atom. The van der Waals surface area contributed by atoms with Gasteiger partial charge in [-0.25, -0.2) is 8.78 Å². The third-order valence-electron chi connectivity index (χ3n) is 6.14.